The summed E-state index contributed by atoms with van der Waals surface area (Å²) in [4.78, 5) is 26.4. The van der Waals surface area contributed by atoms with Gasteiger partial charge in [0, 0.05) is 31.2 Å². The fraction of sp³-hybridized carbons (Fsp3) is 0.130. The molecule has 5 aromatic rings. The summed E-state index contributed by atoms with van der Waals surface area (Å²) < 4.78 is 3.81. The molecule has 0 aliphatic carbocycles. The van der Waals surface area contributed by atoms with Crippen LogP contribution in [0.15, 0.2) is 67.1 Å². The van der Waals surface area contributed by atoms with Gasteiger partial charge in [0.25, 0.3) is 5.91 Å². The number of para-hydroxylation sites is 2. The molecule has 3 aromatic heterocycles. The number of hydrogen-bond donors (Lipinski definition) is 1. The van der Waals surface area contributed by atoms with Crippen LogP contribution in [0.25, 0.3) is 27.9 Å². The first-order chi connectivity index (χ1) is 14.6. The van der Waals surface area contributed by atoms with Crippen molar-refractivity contribution in [2.45, 2.75) is 13.5 Å². The van der Waals surface area contributed by atoms with E-state index in [2.05, 4.69) is 20.3 Å². The molecule has 148 valence electrons. The van der Waals surface area contributed by atoms with Crippen LogP contribution in [-0.2, 0) is 13.6 Å². The second kappa shape index (κ2) is 7.11. The average molecular weight is 396 g/mol. The standard InChI is InChI=1S/C23H20N6O/c1-15-7-9-16(10-8-15)21-22-27-18(14-29(22)12-11-24-21)23(30)25-13-20-26-17-5-3-4-6-19(17)28(20)2/h3-12,14H,13H2,1-2H3,(H,25,30). The number of hydrogen-bond acceptors (Lipinski definition) is 4. The Morgan fingerprint density at radius 1 is 1.07 bits per heavy atom. The van der Waals surface area contributed by atoms with Crippen molar-refractivity contribution in [1.82, 2.24) is 29.2 Å². The molecule has 0 radical (unpaired) electrons. The van der Waals surface area contributed by atoms with Gasteiger partial charge in [0.05, 0.1) is 17.6 Å². The summed E-state index contributed by atoms with van der Waals surface area (Å²) in [6, 6.07) is 16.0. The third-order valence-electron chi connectivity index (χ3n) is 5.22. The Morgan fingerprint density at radius 2 is 1.87 bits per heavy atom. The summed E-state index contributed by atoms with van der Waals surface area (Å²) in [6.45, 7) is 2.36. The van der Waals surface area contributed by atoms with Crippen molar-refractivity contribution in [3.8, 4) is 11.3 Å². The molecular formula is C23H20N6O. The lowest BCUT2D eigenvalue weighted by molar-refractivity contribution is 0.0945. The summed E-state index contributed by atoms with van der Waals surface area (Å²) in [5, 5.41) is 2.93. The molecule has 0 saturated heterocycles. The van der Waals surface area contributed by atoms with Gasteiger partial charge in [0.2, 0.25) is 0 Å². The van der Waals surface area contributed by atoms with Crippen LogP contribution >= 0.6 is 0 Å². The highest BCUT2D eigenvalue weighted by atomic mass is 16.1. The van der Waals surface area contributed by atoms with Crippen molar-refractivity contribution in [3.05, 3.63) is 84.2 Å². The second-order valence-corrected chi connectivity index (χ2v) is 7.26. The minimum absolute atomic E-state index is 0.249. The van der Waals surface area contributed by atoms with Gasteiger partial charge in [0.1, 0.15) is 17.2 Å². The minimum atomic E-state index is -0.249. The number of imidazole rings is 2. The van der Waals surface area contributed by atoms with Crippen LogP contribution < -0.4 is 5.32 Å². The summed E-state index contributed by atoms with van der Waals surface area (Å²) in [5.41, 5.74) is 5.81. The number of benzene rings is 2. The van der Waals surface area contributed by atoms with Gasteiger partial charge >= 0.3 is 0 Å². The molecule has 0 spiro atoms. The highest BCUT2D eigenvalue weighted by Gasteiger charge is 2.15. The fourth-order valence-electron chi connectivity index (χ4n) is 3.55. The van der Waals surface area contributed by atoms with Crippen LogP contribution in [0.2, 0.25) is 0 Å². The van der Waals surface area contributed by atoms with E-state index in [0.29, 0.717) is 17.9 Å². The smallest absolute Gasteiger partial charge is 0.271 e. The summed E-state index contributed by atoms with van der Waals surface area (Å²) in [7, 11) is 1.95. The molecule has 7 nitrogen and oxygen atoms in total. The van der Waals surface area contributed by atoms with E-state index in [-0.39, 0.29) is 5.91 Å². The van der Waals surface area contributed by atoms with Gasteiger partial charge in [-0.1, -0.05) is 42.0 Å². The van der Waals surface area contributed by atoms with Gasteiger partial charge in [-0.25, -0.2) is 9.97 Å². The number of fused-ring (bicyclic) bond motifs is 2. The van der Waals surface area contributed by atoms with Crippen LogP contribution in [0.5, 0.6) is 0 Å². The van der Waals surface area contributed by atoms with Crippen molar-refractivity contribution in [2.75, 3.05) is 0 Å². The summed E-state index contributed by atoms with van der Waals surface area (Å²) in [6.07, 6.45) is 5.23. The van der Waals surface area contributed by atoms with Gasteiger partial charge < -0.3 is 14.3 Å². The lowest BCUT2D eigenvalue weighted by atomic mass is 10.1. The molecule has 0 aliphatic rings. The third kappa shape index (κ3) is 3.10. The van der Waals surface area contributed by atoms with Crippen molar-refractivity contribution in [3.63, 3.8) is 0 Å². The van der Waals surface area contributed by atoms with Gasteiger partial charge in [-0.3, -0.25) is 9.78 Å². The Balaban J connectivity index is 1.41. The van der Waals surface area contributed by atoms with Crippen molar-refractivity contribution in [2.24, 2.45) is 7.05 Å². The molecule has 0 aliphatic heterocycles. The van der Waals surface area contributed by atoms with Crippen LogP contribution in [0.4, 0.5) is 0 Å². The predicted octanol–water partition coefficient (Wildman–Crippen LogP) is 3.52. The molecule has 7 heteroatoms. The van der Waals surface area contributed by atoms with E-state index in [1.54, 1.807) is 18.6 Å². The van der Waals surface area contributed by atoms with Crippen molar-refractivity contribution in [1.29, 1.82) is 0 Å². The quantitative estimate of drug-likeness (QED) is 0.504. The highest BCUT2D eigenvalue weighted by Crippen LogP contribution is 2.22. The van der Waals surface area contributed by atoms with E-state index in [0.717, 1.165) is 28.1 Å². The molecule has 0 atom stereocenters. The molecule has 0 bridgehead atoms. The molecule has 5 rings (SSSR count). The molecule has 2 aromatic carbocycles. The lowest BCUT2D eigenvalue weighted by Crippen LogP contribution is -2.24. The Hall–Kier alpha value is -4.00. The molecule has 30 heavy (non-hydrogen) atoms. The normalized spacial score (nSPS) is 11.3. The summed E-state index contributed by atoms with van der Waals surface area (Å²) in [5.74, 6) is 0.538. The zero-order valence-corrected chi connectivity index (χ0v) is 16.7. The second-order valence-electron chi connectivity index (χ2n) is 7.26. The number of nitrogens with zero attached hydrogens (tertiary/aromatic N) is 5. The molecule has 1 N–H and O–H groups in total. The van der Waals surface area contributed by atoms with Crippen LogP contribution in [0.1, 0.15) is 21.9 Å². The number of amides is 1. The van der Waals surface area contributed by atoms with Gasteiger partial charge in [-0.05, 0) is 19.1 Å². The van der Waals surface area contributed by atoms with Gasteiger partial charge in [-0.15, -0.1) is 0 Å². The van der Waals surface area contributed by atoms with Gasteiger partial charge in [-0.2, -0.15) is 0 Å². The number of carbonyl (C=O) groups excluding carboxylic acids is 1. The molecule has 0 unspecified atom stereocenters. The first-order valence-corrected chi connectivity index (χ1v) is 9.69. The topological polar surface area (TPSA) is 77.1 Å². The average Bonchev–Trinajstić information content (AvgIpc) is 3.34. The zero-order chi connectivity index (χ0) is 20.7. The molecule has 0 fully saturated rings. The monoisotopic (exact) mass is 396 g/mol. The largest absolute Gasteiger partial charge is 0.343 e. The van der Waals surface area contributed by atoms with Crippen LogP contribution in [0, 0.1) is 6.92 Å². The Bertz CT molecular complexity index is 1380. The highest BCUT2D eigenvalue weighted by molar-refractivity contribution is 5.93. The number of carbonyl (C=O) groups is 1. The van der Waals surface area contributed by atoms with Crippen molar-refractivity contribution < 1.29 is 4.79 Å². The number of aryl methyl sites for hydroxylation is 2. The maximum atomic E-state index is 12.8. The first kappa shape index (κ1) is 18.1. The zero-order valence-electron chi connectivity index (χ0n) is 16.7. The third-order valence-corrected chi connectivity index (χ3v) is 5.22. The van der Waals surface area contributed by atoms with Crippen molar-refractivity contribution >= 4 is 22.6 Å². The van der Waals surface area contributed by atoms with Crippen LogP contribution in [-0.4, -0.2) is 29.8 Å². The fourth-order valence-corrected chi connectivity index (χ4v) is 3.55. The predicted molar refractivity (Wildman–Crippen MR) is 115 cm³/mol. The maximum absolute atomic E-state index is 12.8. The molecule has 1 amide bonds. The van der Waals surface area contributed by atoms with E-state index >= 15 is 0 Å². The Morgan fingerprint density at radius 3 is 2.67 bits per heavy atom. The van der Waals surface area contributed by atoms with E-state index < -0.39 is 0 Å². The molecular weight excluding hydrogens is 376 g/mol. The lowest BCUT2D eigenvalue weighted by Gasteiger charge is -2.04. The van der Waals surface area contributed by atoms with E-state index in [1.807, 2.05) is 71.5 Å². The van der Waals surface area contributed by atoms with E-state index in [4.69, 9.17) is 0 Å². The van der Waals surface area contributed by atoms with Crippen LogP contribution in [0.3, 0.4) is 0 Å². The Kier molecular flexibility index (Phi) is 4.28. The molecule has 0 saturated carbocycles. The summed E-state index contributed by atoms with van der Waals surface area (Å²) >= 11 is 0. The van der Waals surface area contributed by atoms with Gasteiger partial charge in [0.15, 0.2) is 5.65 Å². The van der Waals surface area contributed by atoms with E-state index in [9.17, 15) is 4.79 Å². The number of aromatic nitrogens is 5. The number of nitrogens with one attached hydrogen (secondary N) is 1. The van der Waals surface area contributed by atoms with E-state index in [1.165, 1.54) is 5.56 Å². The SMILES string of the molecule is Cc1ccc(-c2nccn3cc(C(=O)NCc4nc5ccccc5n4C)nc23)cc1. The Labute approximate surface area is 173 Å². The molecule has 3 heterocycles. The maximum Gasteiger partial charge on any atom is 0.271 e. The first-order valence-electron chi connectivity index (χ1n) is 9.69. The minimum Gasteiger partial charge on any atom is -0.343 e. The number of rotatable bonds is 4.